The van der Waals surface area contributed by atoms with E-state index in [1.807, 2.05) is 6.08 Å². The lowest BCUT2D eigenvalue weighted by atomic mass is 9.92. The highest BCUT2D eigenvalue weighted by Crippen LogP contribution is 2.27. The van der Waals surface area contributed by atoms with E-state index in [-0.39, 0.29) is 24.7 Å². The Hall–Kier alpha value is -1.65. The Bertz CT molecular complexity index is 556. The molecule has 0 aromatic heterocycles. The monoisotopic (exact) mass is 469 g/mol. The summed E-state index contributed by atoms with van der Waals surface area (Å²) < 4.78 is 49.2. The number of allylic oxidation sites excluding steroid dienone is 1. The third kappa shape index (κ3) is 13.0. The Morgan fingerprint density at radius 1 is 1.12 bits per heavy atom. The Balaban J connectivity index is 0.00000118. The predicted octanol–water partition coefficient (Wildman–Crippen LogP) is 4.24. The standard InChI is InChI=1S/C20H37NO4.C2HF3O2/c1-4-6-7-8-9-10-11-12-17-20(25-18(22)14-21)19(23-13-5-2)16(3)15-24-17;3-2(4,5)1(6)7/h11-12,16-17,19-20H,4-10,13-15,21H2,1-3H3;(H,6,7)/b12-11+;/t16-,17-,19-,20+;/m0./s1. The van der Waals surface area contributed by atoms with Crippen LogP contribution in [0.25, 0.3) is 0 Å². The van der Waals surface area contributed by atoms with Crippen molar-refractivity contribution in [1.82, 2.24) is 0 Å². The van der Waals surface area contributed by atoms with E-state index < -0.39 is 24.2 Å². The topological polar surface area (TPSA) is 108 Å². The number of aliphatic carboxylic acids is 1. The van der Waals surface area contributed by atoms with Gasteiger partial charge in [0.1, 0.15) is 12.2 Å². The Kier molecular flexibility index (Phi) is 16.0. The van der Waals surface area contributed by atoms with Crippen LogP contribution >= 0.6 is 0 Å². The summed E-state index contributed by atoms with van der Waals surface area (Å²) in [5, 5.41) is 7.12. The molecule has 1 heterocycles. The first-order valence-corrected chi connectivity index (χ1v) is 11.2. The molecule has 7 nitrogen and oxygen atoms in total. The molecule has 0 amide bonds. The largest absolute Gasteiger partial charge is 0.490 e. The number of halogens is 3. The Morgan fingerprint density at radius 3 is 2.28 bits per heavy atom. The zero-order valence-corrected chi connectivity index (χ0v) is 19.2. The minimum atomic E-state index is -5.08. The third-order valence-corrected chi connectivity index (χ3v) is 4.75. The van der Waals surface area contributed by atoms with Crippen LogP contribution in [0, 0.1) is 5.92 Å². The molecule has 0 spiro atoms. The van der Waals surface area contributed by atoms with E-state index in [2.05, 4.69) is 26.8 Å². The van der Waals surface area contributed by atoms with Gasteiger partial charge in [0.25, 0.3) is 0 Å². The van der Waals surface area contributed by atoms with E-state index in [0.29, 0.717) is 13.2 Å². The van der Waals surface area contributed by atoms with Gasteiger partial charge in [-0.3, -0.25) is 4.79 Å². The lowest BCUT2D eigenvalue weighted by molar-refractivity contribution is -0.194. The van der Waals surface area contributed by atoms with Crippen molar-refractivity contribution in [3.63, 3.8) is 0 Å². The van der Waals surface area contributed by atoms with Gasteiger partial charge in [0.15, 0.2) is 6.10 Å². The van der Waals surface area contributed by atoms with Crippen LogP contribution in [0.4, 0.5) is 13.2 Å². The van der Waals surface area contributed by atoms with Crippen LogP contribution in [0.3, 0.4) is 0 Å². The molecule has 0 bridgehead atoms. The highest BCUT2D eigenvalue weighted by atomic mass is 19.4. The van der Waals surface area contributed by atoms with Crippen LogP contribution < -0.4 is 5.73 Å². The third-order valence-electron chi connectivity index (χ3n) is 4.75. The number of hydrogen-bond acceptors (Lipinski definition) is 6. The average molecular weight is 470 g/mol. The number of hydrogen-bond donors (Lipinski definition) is 2. The summed E-state index contributed by atoms with van der Waals surface area (Å²) in [6.45, 7) is 7.49. The maximum absolute atomic E-state index is 11.7. The maximum atomic E-state index is 11.7. The summed E-state index contributed by atoms with van der Waals surface area (Å²) in [5.41, 5.74) is 5.42. The maximum Gasteiger partial charge on any atom is 0.490 e. The van der Waals surface area contributed by atoms with Crippen LogP contribution in [0.1, 0.15) is 65.7 Å². The molecule has 0 radical (unpaired) electrons. The minimum absolute atomic E-state index is 0.126. The van der Waals surface area contributed by atoms with Gasteiger partial charge in [0.05, 0.1) is 13.2 Å². The van der Waals surface area contributed by atoms with Gasteiger partial charge in [-0.15, -0.1) is 0 Å². The molecule has 10 heteroatoms. The van der Waals surface area contributed by atoms with Crippen molar-refractivity contribution < 1.29 is 42.1 Å². The van der Waals surface area contributed by atoms with Gasteiger partial charge in [-0.2, -0.15) is 13.2 Å². The molecule has 1 fully saturated rings. The molecule has 1 saturated heterocycles. The molecule has 0 saturated carbocycles. The van der Waals surface area contributed by atoms with Crippen LogP contribution in [0.5, 0.6) is 0 Å². The van der Waals surface area contributed by atoms with Crippen molar-refractivity contribution in [3.8, 4) is 0 Å². The zero-order chi connectivity index (χ0) is 24.6. The number of carbonyl (C=O) groups is 2. The molecule has 1 aliphatic heterocycles. The van der Waals surface area contributed by atoms with Gasteiger partial charge in [0, 0.05) is 12.5 Å². The number of carbonyl (C=O) groups excluding carboxylic acids is 1. The van der Waals surface area contributed by atoms with Crippen molar-refractivity contribution in [2.45, 2.75) is 90.2 Å². The van der Waals surface area contributed by atoms with Crippen LogP contribution in [-0.2, 0) is 23.8 Å². The van der Waals surface area contributed by atoms with Gasteiger partial charge < -0.3 is 25.1 Å². The van der Waals surface area contributed by atoms with Crippen molar-refractivity contribution in [1.29, 1.82) is 0 Å². The number of unbranched alkanes of at least 4 members (excludes halogenated alkanes) is 5. The van der Waals surface area contributed by atoms with Crippen molar-refractivity contribution in [3.05, 3.63) is 12.2 Å². The molecule has 1 rings (SSSR count). The number of esters is 1. The average Bonchev–Trinajstić information content (AvgIpc) is 2.73. The molecule has 1 aliphatic rings. The summed E-state index contributed by atoms with van der Waals surface area (Å²) in [5.74, 6) is -2.99. The fraction of sp³-hybridized carbons (Fsp3) is 0.818. The second-order valence-electron chi connectivity index (χ2n) is 7.70. The molecule has 188 valence electrons. The number of rotatable bonds is 12. The van der Waals surface area contributed by atoms with Gasteiger partial charge in [-0.1, -0.05) is 58.6 Å². The molecule has 32 heavy (non-hydrogen) atoms. The van der Waals surface area contributed by atoms with Crippen LogP contribution in [0.2, 0.25) is 0 Å². The molecular weight excluding hydrogens is 431 g/mol. The van der Waals surface area contributed by atoms with E-state index in [9.17, 15) is 18.0 Å². The van der Waals surface area contributed by atoms with E-state index in [1.165, 1.54) is 32.1 Å². The smallest absolute Gasteiger partial charge is 0.475 e. The fourth-order valence-electron chi connectivity index (χ4n) is 3.07. The lowest BCUT2D eigenvalue weighted by Gasteiger charge is -2.39. The first kappa shape index (κ1) is 30.4. The number of carboxylic acid groups (broad SMARTS) is 1. The minimum Gasteiger partial charge on any atom is -0.475 e. The molecule has 0 unspecified atom stereocenters. The SMILES string of the molecule is CCCCCCC/C=C/[C@@H]1OC[C@H](C)[C@H](OCCC)[C@@H]1OC(=O)CN.O=C(O)C(F)(F)F. The van der Waals surface area contributed by atoms with Gasteiger partial charge in [0.2, 0.25) is 0 Å². The highest BCUT2D eigenvalue weighted by molar-refractivity contribution is 5.73. The first-order chi connectivity index (χ1) is 15.1. The molecule has 3 N–H and O–H groups in total. The fourth-order valence-corrected chi connectivity index (χ4v) is 3.07. The molecule has 0 aromatic carbocycles. The molecule has 0 aliphatic carbocycles. The molecule has 4 atom stereocenters. The number of nitrogens with two attached hydrogens (primary N) is 1. The normalized spacial score (nSPS) is 23.5. The predicted molar refractivity (Wildman–Crippen MR) is 114 cm³/mol. The van der Waals surface area contributed by atoms with Crippen LogP contribution in [0.15, 0.2) is 12.2 Å². The van der Waals surface area contributed by atoms with Gasteiger partial charge >= 0.3 is 18.1 Å². The Labute approximate surface area is 188 Å². The van der Waals surface area contributed by atoms with E-state index in [0.717, 1.165) is 12.8 Å². The number of ether oxygens (including phenoxy) is 3. The summed E-state index contributed by atoms with van der Waals surface area (Å²) in [4.78, 5) is 20.6. The molecule has 0 aromatic rings. The van der Waals surface area contributed by atoms with Crippen LogP contribution in [-0.4, -0.2) is 61.3 Å². The lowest BCUT2D eigenvalue weighted by Crippen LogP contribution is -2.52. The van der Waals surface area contributed by atoms with Crippen molar-refractivity contribution in [2.75, 3.05) is 19.8 Å². The highest BCUT2D eigenvalue weighted by Gasteiger charge is 2.40. The quantitative estimate of drug-likeness (QED) is 0.250. The second-order valence-corrected chi connectivity index (χ2v) is 7.70. The summed E-state index contributed by atoms with van der Waals surface area (Å²) in [6, 6.07) is 0. The molecular formula is C22H38F3NO6. The first-order valence-electron chi connectivity index (χ1n) is 11.2. The number of alkyl halides is 3. The van der Waals surface area contributed by atoms with Crippen molar-refractivity contribution >= 4 is 11.9 Å². The summed E-state index contributed by atoms with van der Waals surface area (Å²) in [6.07, 6.45) is 6.52. The second kappa shape index (κ2) is 16.9. The summed E-state index contributed by atoms with van der Waals surface area (Å²) >= 11 is 0. The number of carboxylic acids is 1. The van der Waals surface area contributed by atoms with Crippen molar-refractivity contribution in [2.24, 2.45) is 11.7 Å². The van der Waals surface area contributed by atoms with Gasteiger partial charge in [-0.05, 0) is 19.3 Å². The summed E-state index contributed by atoms with van der Waals surface area (Å²) in [7, 11) is 0. The van der Waals surface area contributed by atoms with Gasteiger partial charge in [-0.25, -0.2) is 4.79 Å². The Morgan fingerprint density at radius 2 is 1.75 bits per heavy atom. The zero-order valence-electron chi connectivity index (χ0n) is 19.2. The van der Waals surface area contributed by atoms with E-state index >= 15 is 0 Å². The van der Waals surface area contributed by atoms with E-state index in [1.54, 1.807) is 0 Å². The van der Waals surface area contributed by atoms with E-state index in [4.69, 9.17) is 29.8 Å².